The number of ether oxygens (including phenoxy) is 4. The molecule has 0 bridgehead atoms. The smallest absolute Gasteiger partial charge is 0.341 e. The lowest BCUT2D eigenvalue weighted by Crippen LogP contribution is -2.47. The van der Waals surface area contributed by atoms with E-state index >= 15 is 0 Å². The molecule has 1 aliphatic rings. The van der Waals surface area contributed by atoms with Gasteiger partial charge >= 0.3 is 11.9 Å². The van der Waals surface area contributed by atoms with Crippen molar-refractivity contribution < 1.29 is 49.0 Å². The summed E-state index contributed by atoms with van der Waals surface area (Å²) >= 11 is 1.12. The van der Waals surface area contributed by atoms with E-state index in [4.69, 9.17) is 29.2 Å². The summed E-state index contributed by atoms with van der Waals surface area (Å²) in [5.41, 5.74) is 0.0561. The number of carbonyl (C=O) groups excluding carboxylic acids is 2. The first-order valence-corrected chi connectivity index (χ1v) is 14.7. The van der Waals surface area contributed by atoms with Gasteiger partial charge in [0.15, 0.2) is 5.75 Å². The van der Waals surface area contributed by atoms with Crippen LogP contribution in [0.25, 0.3) is 0 Å². The maximum Gasteiger partial charge on any atom is 0.341 e. The molecule has 6 N–H and O–H groups in total. The largest absolute Gasteiger partial charge is 0.454 e. The minimum Gasteiger partial charge on any atom is -0.454 e. The minimum atomic E-state index is -0.924. The minimum absolute atomic E-state index is 0.0894. The van der Waals surface area contributed by atoms with Gasteiger partial charge in [-0.3, -0.25) is 4.79 Å². The van der Waals surface area contributed by atoms with Crippen LogP contribution in [-0.4, -0.2) is 85.0 Å². The normalized spacial score (nSPS) is 17.8. The van der Waals surface area contributed by atoms with Crippen molar-refractivity contribution in [1.82, 2.24) is 4.72 Å². The van der Waals surface area contributed by atoms with Crippen molar-refractivity contribution in [1.29, 1.82) is 0 Å². The highest BCUT2D eigenvalue weighted by Gasteiger charge is 2.30. The highest BCUT2D eigenvalue weighted by molar-refractivity contribution is 7.97. The second-order valence-electron chi connectivity index (χ2n) is 10.2. The molecular formula is C30H46N2O10S. The van der Waals surface area contributed by atoms with Crippen molar-refractivity contribution in [2.45, 2.75) is 70.3 Å². The van der Waals surface area contributed by atoms with Crippen LogP contribution in [0.1, 0.15) is 57.3 Å². The number of rotatable bonds is 12. The highest BCUT2D eigenvalue weighted by atomic mass is 32.2. The van der Waals surface area contributed by atoms with Crippen LogP contribution in [0.4, 0.5) is 5.69 Å². The van der Waals surface area contributed by atoms with Gasteiger partial charge in [-0.15, -0.1) is 0 Å². The summed E-state index contributed by atoms with van der Waals surface area (Å²) in [4.78, 5) is 25.5. The van der Waals surface area contributed by atoms with Gasteiger partial charge in [-0.2, -0.15) is 0 Å². The van der Waals surface area contributed by atoms with E-state index in [0.29, 0.717) is 28.6 Å². The van der Waals surface area contributed by atoms with Crippen LogP contribution in [-0.2, 0) is 19.0 Å². The molecule has 1 saturated heterocycles. The lowest BCUT2D eigenvalue weighted by Gasteiger charge is -2.31. The van der Waals surface area contributed by atoms with Crippen LogP contribution in [0, 0.1) is 5.41 Å². The summed E-state index contributed by atoms with van der Waals surface area (Å²) in [6.45, 7) is 7.42. The monoisotopic (exact) mass is 626 g/mol. The number of nitrogens with one attached hydrogen (secondary N) is 2. The molecule has 1 aliphatic heterocycles. The molecule has 3 rings (SSSR count). The van der Waals surface area contributed by atoms with E-state index in [-0.39, 0.29) is 18.6 Å². The summed E-state index contributed by atoms with van der Waals surface area (Å²) in [5.74, 6) is -0.101. The Kier molecular flexibility index (Phi) is 17.8. The van der Waals surface area contributed by atoms with E-state index in [1.807, 2.05) is 30.3 Å². The highest BCUT2D eigenvalue weighted by Crippen LogP contribution is 2.40. The molecule has 0 saturated carbocycles. The standard InChI is InChI=1S/C28H38N2O8S.2CH4O/c1-5-6-12-29-21-13-18(26(33)36-17-37-27(34)28(2,3)4)14-23(24(21)38-20-10-8-7-9-11-20)39-30-25-22(32)15-19(31)16-35-25;2*1-2/h7-11,13-14,19,22,25,29-32H,5-6,12,15-17H2,1-4H3;2*2H,1H3. The molecule has 0 spiro atoms. The summed E-state index contributed by atoms with van der Waals surface area (Å²) in [6, 6.07) is 12.5. The molecule has 43 heavy (non-hydrogen) atoms. The lowest BCUT2D eigenvalue weighted by atomic mass is 9.98. The predicted octanol–water partition coefficient (Wildman–Crippen LogP) is 3.68. The number of hydrogen-bond donors (Lipinski definition) is 6. The second-order valence-corrected chi connectivity index (χ2v) is 11.1. The molecule has 3 atom stereocenters. The second kappa shape index (κ2) is 20.1. The first-order chi connectivity index (χ1) is 20.6. The molecule has 12 nitrogen and oxygen atoms in total. The third-order valence-electron chi connectivity index (χ3n) is 5.71. The van der Waals surface area contributed by atoms with E-state index in [9.17, 15) is 19.8 Å². The van der Waals surface area contributed by atoms with Crippen LogP contribution in [0.2, 0.25) is 0 Å². The third-order valence-corrected chi connectivity index (χ3v) is 6.58. The summed E-state index contributed by atoms with van der Waals surface area (Å²) in [7, 11) is 2.00. The number of anilines is 1. The number of hydrogen-bond acceptors (Lipinski definition) is 13. The first-order valence-electron chi connectivity index (χ1n) is 13.9. The van der Waals surface area contributed by atoms with E-state index in [1.54, 1.807) is 32.9 Å². The number of para-hydroxylation sites is 1. The topological polar surface area (TPSA) is 176 Å². The van der Waals surface area contributed by atoms with Crippen LogP contribution in [0.5, 0.6) is 11.5 Å². The van der Waals surface area contributed by atoms with E-state index < -0.39 is 42.6 Å². The number of aliphatic hydroxyl groups excluding tert-OH is 4. The summed E-state index contributed by atoms with van der Waals surface area (Å²) in [5, 5.41) is 37.4. The molecule has 2 aromatic rings. The fourth-order valence-corrected chi connectivity index (χ4v) is 4.40. The predicted molar refractivity (Wildman–Crippen MR) is 164 cm³/mol. The molecule has 1 heterocycles. The van der Waals surface area contributed by atoms with Crippen molar-refractivity contribution >= 4 is 29.6 Å². The van der Waals surface area contributed by atoms with E-state index in [2.05, 4.69) is 17.0 Å². The summed E-state index contributed by atoms with van der Waals surface area (Å²) in [6.07, 6.45) is -0.365. The van der Waals surface area contributed by atoms with Gasteiger partial charge in [0.2, 0.25) is 6.79 Å². The first kappa shape index (κ1) is 38.1. The Morgan fingerprint density at radius 3 is 2.33 bits per heavy atom. The Morgan fingerprint density at radius 1 is 1.05 bits per heavy atom. The van der Waals surface area contributed by atoms with E-state index in [0.717, 1.165) is 39.0 Å². The molecule has 242 valence electrons. The van der Waals surface area contributed by atoms with Crippen LogP contribution >= 0.6 is 11.9 Å². The molecule has 0 radical (unpaired) electrons. The van der Waals surface area contributed by atoms with Gasteiger partial charge in [-0.1, -0.05) is 31.5 Å². The fourth-order valence-electron chi connectivity index (χ4n) is 3.51. The van der Waals surface area contributed by atoms with Gasteiger partial charge in [-0.05, 0) is 63.4 Å². The lowest BCUT2D eigenvalue weighted by molar-refractivity contribution is -0.161. The van der Waals surface area contributed by atoms with Gasteiger partial charge in [-0.25, -0.2) is 9.52 Å². The number of unbranched alkanes of at least 4 members (excludes halogenated alkanes) is 1. The molecule has 13 heteroatoms. The van der Waals surface area contributed by atoms with Gasteiger partial charge in [0.1, 0.15) is 12.0 Å². The van der Waals surface area contributed by atoms with E-state index in [1.165, 1.54) is 0 Å². The molecule has 0 aliphatic carbocycles. The SMILES string of the molecule is CCCCNc1cc(C(=O)OCOC(=O)C(C)(C)C)cc(SNC2OCC(O)CC2O)c1Oc1ccccc1.CO.CO. The molecule has 0 aromatic heterocycles. The number of carbonyl (C=O) groups is 2. The van der Waals surface area contributed by atoms with Crippen LogP contribution in [0.3, 0.4) is 0 Å². The van der Waals surface area contributed by atoms with Crippen molar-refractivity contribution in [2.75, 3.05) is 39.5 Å². The number of benzene rings is 2. The van der Waals surface area contributed by atoms with Gasteiger partial charge in [0, 0.05) is 27.2 Å². The number of esters is 2. The molecular weight excluding hydrogens is 580 g/mol. The fraction of sp³-hybridized carbons (Fsp3) is 0.533. The zero-order valence-corrected chi connectivity index (χ0v) is 26.5. The Morgan fingerprint density at radius 2 is 1.72 bits per heavy atom. The van der Waals surface area contributed by atoms with Gasteiger partial charge in [0.25, 0.3) is 0 Å². The Hall–Kier alpha value is -2.91. The van der Waals surface area contributed by atoms with Crippen LogP contribution in [0.15, 0.2) is 47.4 Å². The van der Waals surface area contributed by atoms with Gasteiger partial charge < -0.3 is 44.7 Å². The maximum atomic E-state index is 13.0. The molecule has 2 aromatic carbocycles. The number of aliphatic hydroxyl groups is 4. The van der Waals surface area contributed by atoms with Crippen molar-refractivity contribution in [3.63, 3.8) is 0 Å². The van der Waals surface area contributed by atoms with Crippen molar-refractivity contribution in [2.24, 2.45) is 5.41 Å². The average Bonchev–Trinajstić information content (AvgIpc) is 2.99. The van der Waals surface area contributed by atoms with Crippen molar-refractivity contribution in [3.8, 4) is 11.5 Å². The van der Waals surface area contributed by atoms with Gasteiger partial charge in [0.05, 0.1) is 40.4 Å². The quantitative estimate of drug-likeness (QED) is 0.0872. The van der Waals surface area contributed by atoms with Crippen LogP contribution < -0.4 is 14.8 Å². The zero-order valence-electron chi connectivity index (χ0n) is 25.7. The Balaban J connectivity index is 0.00000221. The molecule has 0 amide bonds. The Bertz CT molecular complexity index is 1100. The maximum absolute atomic E-state index is 13.0. The summed E-state index contributed by atoms with van der Waals surface area (Å²) < 4.78 is 25.2. The Labute approximate surface area is 257 Å². The molecule has 3 unspecified atom stereocenters. The zero-order chi connectivity index (χ0) is 32.4. The average molecular weight is 627 g/mol. The van der Waals surface area contributed by atoms with Crippen molar-refractivity contribution in [3.05, 3.63) is 48.0 Å². The molecule has 1 fully saturated rings. The third kappa shape index (κ3) is 13.1.